The van der Waals surface area contributed by atoms with Crippen LogP contribution < -0.4 is 5.73 Å². The monoisotopic (exact) mass is 131 g/mol. The molecule has 0 aliphatic carbocycles. The van der Waals surface area contributed by atoms with Crippen molar-refractivity contribution in [2.75, 3.05) is 6.54 Å². The molecule has 1 heteroatoms. The van der Waals surface area contributed by atoms with Crippen LogP contribution in [0, 0.1) is 11.3 Å². The van der Waals surface area contributed by atoms with Gasteiger partial charge < -0.3 is 5.73 Å². The summed E-state index contributed by atoms with van der Waals surface area (Å²) in [5.41, 5.74) is 2.74. The third-order valence-corrected chi connectivity index (χ3v) is 1.44. The van der Waals surface area contributed by atoms with E-state index in [2.05, 4.69) is 33.4 Å². The Morgan fingerprint density at radius 1 is 1.56 bits per heavy atom. The van der Waals surface area contributed by atoms with Crippen molar-refractivity contribution >= 4 is 0 Å². The molecule has 0 aromatic rings. The third-order valence-electron chi connectivity index (χ3n) is 1.44. The van der Waals surface area contributed by atoms with Crippen LogP contribution in [0.3, 0.4) is 0 Å². The van der Waals surface area contributed by atoms with E-state index in [9.17, 15) is 0 Å². The molecule has 0 atom stereocenters. The molecule has 0 aliphatic heterocycles. The van der Waals surface area contributed by atoms with Gasteiger partial charge in [0, 0.05) is 0 Å². The van der Waals surface area contributed by atoms with E-state index in [4.69, 9.17) is 1.41 Å². The summed E-state index contributed by atoms with van der Waals surface area (Å²) in [4.78, 5) is 0. The fourth-order valence-electron chi connectivity index (χ4n) is 1.18. The summed E-state index contributed by atoms with van der Waals surface area (Å²) < 4.78 is 6.85. The van der Waals surface area contributed by atoms with Crippen molar-refractivity contribution in [3.05, 3.63) is 0 Å². The minimum atomic E-state index is 0.274. The number of rotatable bonds is 4. The normalized spacial score (nSPS) is 14.1. The molecular weight excluding hydrogens is 110 g/mol. The van der Waals surface area contributed by atoms with Crippen molar-refractivity contribution in [1.29, 1.82) is 0 Å². The van der Waals surface area contributed by atoms with Crippen LogP contribution in [-0.4, -0.2) is 6.54 Å². The van der Waals surface area contributed by atoms with E-state index in [1.165, 1.54) is 6.42 Å². The zero-order chi connectivity index (χ0) is 8.20. The molecule has 0 unspecified atom stereocenters. The Morgan fingerprint density at radius 2 is 2.11 bits per heavy atom. The van der Waals surface area contributed by atoms with E-state index in [1.807, 2.05) is 0 Å². The van der Waals surface area contributed by atoms with Crippen LogP contribution >= 0.6 is 0 Å². The van der Waals surface area contributed by atoms with Crippen molar-refractivity contribution in [2.45, 2.75) is 34.1 Å². The zero-order valence-corrected chi connectivity index (χ0v) is 6.99. The number of nitrogens with two attached hydrogens (primary N) is 1. The minimum Gasteiger partial charge on any atom is -0.330 e. The molecule has 0 aliphatic rings. The average Bonchev–Trinajstić information content (AvgIpc) is 1.59. The standard InChI is InChI=1S/C8H19N/c1-7(2)5-8(3,4)6-9/h7H,5-6,9H2,1-4H3/i/hT. The molecule has 2 N–H and O–H groups in total. The fourth-order valence-corrected chi connectivity index (χ4v) is 1.18. The Bertz CT molecular complexity index is 89.3. The van der Waals surface area contributed by atoms with Crippen LogP contribution in [0.5, 0.6) is 0 Å². The number of hydrogen-bond donors (Lipinski definition) is 1. The van der Waals surface area contributed by atoms with Gasteiger partial charge >= 0.3 is 0 Å². The summed E-state index contributed by atoms with van der Waals surface area (Å²) in [5.74, 6) is 0.725. The van der Waals surface area contributed by atoms with Crippen molar-refractivity contribution in [2.24, 2.45) is 17.1 Å². The average molecular weight is 131 g/mol. The largest absolute Gasteiger partial charge is 0.330 e. The molecule has 56 valence electrons. The van der Waals surface area contributed by atoms with Crippen LogP contribution in [0.4, 0.5) is 0 Å². The maximum atomic E-state index is 6.85. The molecule has 0 aromatic heterocycles. The van der Waals surface area contributed by atoms with Crippen molar-refractivity contribution < 1.29 is 1.41 Å². The molecule has 0 saturated carbocycles. The summed E-state index contributed by atoms with van der Waals surface area (Å²) in [6.07, 6.45) is 1.18. The zero-order valence-electron chi connectivity index (χ0n) is 7.99. The van der Waals surface area contributed by atoms with Gasteiger partial charge in [0.2, 0.25) is 0 Å². The molecule has 0 heterocycles. The van der Waals surface area contributed by atoms with Gasteiger partial charge in [-0.05, 0) is 24.3 Å². The highest BCUT2D eigenvalue weighted by Gasteiger charge is 2.16. The number of hydrogen-bond acceptors (Lipinski definition) is 1. The molecule has 0 rings (SSSR count). The van der Waals surface area contributed by atoms with Gasteiger partial charge in [-0.3, -0.25) is 0 Å². The smallest absolute Gasteiger partial charge is 0.118 e. The van der Waals surface area contributed by atoms with Crippen molar-refractivity contribution in [3.63, 3.8) is 0 Å². The third kappa shape index (κ3) is 4.46. The van der Waals surface area contributed by atoms with Crippen molar-refractivity contribution in [1.82, 2.24) is 0 Å². The Morgan fingerprint density at radius 3 is 2.44 bits per heavy atom. The lowest BCUT2D eigenvalue weighted by Crippen LogP contribution is -2.24. The van der Waals surface area contributed by atoms with Gasteiger partial charge in [-0.25, -0.2) is 0 Å². The van der Waals surface area contributed by atoms with E-state index in [-0.39, 0.29) is 5.41 Å². The molecule has 0 fully saturated rings. The van der Waals surface area contributed by atoms with E-state index in [0.717, 1.165) is 12.5 Å². The highest BCUT2D eigenvalue weighted by Crippen LogP contribution is 2.22. The summed E-state index contributed by atoms with van der Waals surface area (Å²) >= 11 is 0. The lowest BCUT2D eigenvalue weighted by Gasteiger charge is -2.24. The second kappa shape index (κ2) is 3.21. The quantitative estimate of drug-likeness (QED) is 0.620. The van der Waals surface area contributed by atoms with Crippen LogP contribution in [0.1, 0.15) is 34.1 Å². The van der Waals surface area contributed by atoms with Gasteiger partial charge in [-0.2, -0.15) is 0 Å². The molecular formula is C8H19N. The highest BCUT2D eigenvalue weighted by molar-refractivity contribution is 4.70. The van der Waals surface area contributed by atoms with Crippen molar-refractivity contribution in [3.8, 4) is 0 Å². The molecule has 1 nitrogen and oxygen atoms in total. The van der Waals surface area contributed by atoms with Gasteiger partial charge in [-0.1, -0.05) is 27.7 Å². The summed E-state index contributed by atoms with van der Waals surface area (Å²) in [6.45, 7) is 9.59. The molecule has 0 amide bonds. The van der Waals surface area contributed by atoms with Gasteiger partial charge in [-0.15, -0.1) is 0 Å². The van der Waals surface area contributed by atoms with E-state index in [0.29, 0.717) is 0 Å². The van der Waals surface area contributed by atoms with Crippen LogP contribution in [0.2, 0.25) is 1.41 Å². The van der Waals surface area contributed by atoms with Gasteiger partial charge in [0.25, 0.3) is 0 Å². The molecule has 0 radical (unpaired) electrons. The van der Waals surface area contributed by atoms with Crippen LogP contribution in [0.25, 0.3) is 0 Å². The van der Waals surface area contributed by atoms with Crippen LogP contribution in [0.15, 0.2) is 0 Å². The first-order chi connectivity index (χ1) is 4.48. The maximum absolute atomic E-state index is 6.85. The Hall–Kier alpha value is -0.0400. The lowest BCUT2D eigenvalue weighted by atomic mass is 9.84. The van der Waals surface area contributed by atoms with Gasteiger partial charge in [0.1, 0.15) is 1.41 Å². The Kier molecular flexibility index (Phi) is 2.52. The van der Waals surface area contributed by atoms with E-state index >= 15 is 0 Å². The highest BCUT2D eigenvalue weighted by atomic mass is 14.6. The van der Waals surface area contributed by atoms with E-state index < -0.39 is 0 Å². The second-order valence-electron chi connectivity index (χ2n) is 3.94. The Balaban J connectivity index is 3.63. The Labute approximate surface area is 60.1 Å². The van der Waals surface area contributed by atoms with Crippen LogP contribution in [-0.2, 0) is 0 Å². The first kappa shape index (κ1) is 7.07. The molecule has 0 bridgehead atoms. The molecule has 0 saturated heterocycles. The van der Waals surface area contributed by atoms with Gasteiger partial charge in [0.15, 0.2) is 0 Å². The predicted octanol–water partition coefficient (Wildman–Crippen LogP) is 2.02. The molecule has 9 heavy (non-hydrogen) atoms. The molecule has 0 spiro atoms. The summed E-state index contributed by atoms with van der Waals surface area (Å²) in [5, 5.41) is 0. The second-order valence-corrected chi connectivity index (χ2v) is 3.94. The summed E-state index contributed by atoms with van der Waals surface area (Å²) in [7, 11) is 0. The topological polar surface area (TPSA) is 26.0 Å². The molecule has 0 aromatic carbocycles. The van der Waals surface area contributed by atoms with E-state index in [1.54, 1.807) is 0 Å². The lowest BCUT2D eigenvalue weighted by molar-refractivity contribution is 0.298. The SMILES string of the molecule is [3H]NCC(C)(C)CC(C)C. The predicted molar refractivity (Wildman–Crippen MR) is 42.3 cm³/mol. The minimum absolute atomic E-state index is 0.274. The first-order valence-electron chi connectivity index (χ1n) is 4.12. The maximum Gasteiger partial charge on any atom is 0.118 e. The van der Waals surface area contributed by atoms with Gasteiger partial charge in [0.05, 0.1) is 0 Å². The summed E-state index contributed by atoms with van der Waals surface area (Å²) in [6, 6.07) is 0. The fraction of sp³-hybridized carbons (Fsp3) is 1.00. The first-order valence-corrected chi connectivity index (χ1v) is 3.62.